The zero-order valence-electron chi connectivity index (χ0n) is 12.3. The lowest BCUT2D eigenvalue weighted by atomic mass is 9.93. The summed E-state index contributed by atoms with van der Waals surface area (Å²) in [7, 11) is 0. The van der Waals surface area contributed by atoms with E-state index in [2.05, 4.69) is 5.32 Å². The summed E-state index contributed by atoms with van der Waals surface area (Å²) in [5.74, 6) is 0.446. The van der Waals surface area contributed by atoms with E-state index in [1.165, 1.54) is 0 Å². The molecule has 1 aliphatic heterocycles. The predicted molar refractivity (Wildman–Crippen MR) is 75.4 cm³/mol. The molecule has 0 aromatic carbocycles. The summed E-state index contributed by atoms with van der Waals surface area (Å²) >= 11 is 0. The number of hydrogen-bond acceptors (Lipinski definition) is 3. The SMILES string of the molecule is CCC(=O)NC1CCN(C(=O)C(CN)C(C)C)CC1. The van der Waals surface area contributed by atoms with Gasteiger partial charge in [0.25, 0.3) is 0 Å². The number of piperidine rings is 1. The minimum Gasteiger partial charge on any atom is -0.353 e. The number of amides is 2. The molecule has 0 aromatic heterocycles. The van der Waals surface area contributed by atoms with Gasteiger partial charge in [-0.25, -0.2) is 0 Å². The van der Waals surface area contributed by atoms with E-state index in [0.29, 0.717) is 13.0 Å². The molecule has 3 N–H and O–H groups in total. The molecular weight excluding hydrogens is 242 g/mol. The Morgan fingerprint density at radius 3 is 2.32 bits per heavy atom. The van der Waals surface area contributed by atoms with Crippen LogP contribution in [0.1, 0.15) is 40.0 Å². The highest BCUT2D eigenvalue weighted by Crippen LogP contribution is 2.17. The lowest BCUT2D eigenvalue weighted by Crippen LogP contribution is -2.49. The highest BCUT2D eigenvalue weighted by molar-refractivity contribution is 5.79. The molecule has 0 bridgehead atoms. The van der Waals surface area contributed by atoms with E-state index in [1.54, 1.807) is 0 Å². The van der Waals surface area contributed by atoms with E-state index in [1.807, 2.05) is 25.7 Å². The van der Waals surface area contributed by atoms with Crippen molar-refractivity contribution in [3.63, 3.8) is 0 Å². The van der Waals surface area contributed by atoms with Crippen molar-refractivity contribution in [2.75, 3.05) is 19.6 Å². The van der Waals surface area contributed by atoms with Crippen LogP contribution >= 0.6 is 0 Å². The fraction of sp³-hybridized carbons (Fsp3) is 0.857. The van der Waals surface area contributed by atoms with Crippen LogP contribution in [0.5, 0.6) is 0 Å². The third-order valence-corrected chi connectivity index (χ3v) is 3.87. The van der Waals surface area contributed by atoms with E-state index in [0.717, 1.165) is 25.9 Å². The summed E-state index contributed by atoms with van der Waals surface area (Å²) in [6.45, 7) is 7.76. The van der Waals surface area contributed by atoms with Crippen molar-refractivity contribution in [1.82, 2.24) is 10.2 Å². The zero-order chi connectivity index (χ0) is 14.4. The fourth-order valence-corrected chi connectivity index (χ4v) is 2.47. The molecule has 1 unspecified atom stereocenters. The van der Waals surface area contributed by atoms with Crippen molar-refractivity contribution in [2.45, 2.75) is 46.1 Å². The van der Waals surface area contributed by atoms with Crippen molar-refractivity contribution in [3.05, 3.63) is 0 Å². The zero-order valence-corrected chi connectivity index (χ0v) is 12.3. The quantitative estimate of drug-likeness (QED) is 0.773. The van der Waals surface area contributed by atoms with E-state index in [9.17, 15) is 9.59 Å². The second kappa shape index (κ2) is 7.48. The summed E-state index contributed by atoms with van der Waals surface area (Å²) < 4.78 is 0. The lowest BCUT2D eigenvalue weighted by molar-refractivity contribution is -0.137. The van der Waals surface area contributed by atoms with Crippen LogP contribution in [0.3, 0.4) is 0 Å². The number of nitrogens with two attached hydrogens (primary N) is 1. The molecule has 0 saturated carbocycles. The van der Waals surface area contributed by atoms with E-state index >= 15 is 0 Å². The highest BCUT2D eigenvalue weighted by atomic mass is 16.2. The Hall–Kier alpha value is -1.10. The van der Waals surface area contributed by atoms with Crippen LogP contribution in [-0.4, -0.2) is 42.4 Å². The number of rotatable bonds is 5. The molecule has 1 saturated heterocycles. The molecule has 2 amide bonds. The molecule has 19 heavy (non-hydrogen) atoms. The molecule has 1 rings (SSSR count). The average molecular weight is 269 g/mol. The van der Waals surface area contributed by atoms with Crippen LogP contribution in [0.25, 0.3) is 0 Å². The molecule has 1 atom stereocenters. The van der Waals surface area contributed by atoms with E-state index in [4.69, 9.17) is 5.73 Å². The molecule has 0 radical (unpaired) electrons. The largest absolute Gasteiger partial charge is 0.353 e. The molecule has 0 spiro atoms. The van der Waals surface area contributed by atoms with Crippen LogP contribution in [-0.2, 0) is 9.59 Å². The molecule has 1 heterocycles. The van der Waals surface area contributed by atoms with Gasteiger partial charge in [0.15, 0.2) is 0 Å². The average Bonchev–Trinajstić information content (AvgIpc) is 2.39. The monoisotopic (exact) mass is 269 g/mol. The van der Waals surface area contributed by atoms with Crippen LogP contribution < -0.4 is 11.1 Å². The van der Waals surface area contributed by atoms with Gasteiger partial charge >= 0.3 is 0 Å². The smallest absolute Gasteiger partial charge is 0.227 e. The van der Waals surface area contributed by atoms with Crippen molar-refractivity contribution in [1.29, 1.82) is 0 Å². The van der Waals surface area contributed by atoms with Gasteiger partial charge in [-0.05, 0) is 18.8 Å². The van der Waals surface area contributed by atoms with Gasteiger partial charge in [0, 0.05) is 32.1 Å². The first kappa shape index (κ1) is 16.0. The van der Waals surface area contributed by atoms with Crippen molar-refractivity contribution in [2.24, 2.45) is 17.6 Å². The summed E-state index contributed by atoms with van der Waals surface area (Å²) in [6, 6.07) is 0.215. The minimum atomic E-state index is -0.0817. The Kier molecular flexibility index (Phi) is 6.28. The number of hydrogen-bond donors (Lipinski definition) is 2. The van der Waals surface area contributed by atoms with Gasteiger partial charge in [0.2, 0.25) is 11.8 Å². The number of nitrogens with zero attached hydrogens (tertiary/aromatic N) is 1. The highest BCUT2D eigenvalue weighted by Gasteiger charge is 2.29. The van der Waals surface area contributed by atoms with Gasteiger partial charge in [-0.2, -0.15) is 0 Å². The molecule has 1 aliphatic rings. The number of carbonyl (C=O) groups excluding carboxylic acids is 2. The summed E-state index contributed by atoms with van der Waals surface area (Å²) in [5, 5.41) is 2.99. The van der Waals surface area contributed by atoms with Crippen LogP contribution in [0.4, 0.5) is 0 Å². The Labute approximate surface area is 115 Å². The van der Waals surface area contributed by atoms with Gasteiger partial charge in [0.1, 0.15) is 0 Å². The molecular formula is C14H27N3O2. The number of likely N-dealkylation sites (tertiary alicyclic amines) is 1. The first-order valence-electron chi connectivity index (χ1n) is 7.27. The molecule has 110 valence electrons. The van der Waals surface area contributed by atoms with Gasteiger partial charge in [-0.1, -0.05) is 20.8 Å². The Morgan fingerprint density at radius 2 is 1.89 bits per heavy atom. The summed E-state index contributed by atoms with van der Waals surface area (Å²) in [6.07, 6.45) is 2.20. The fourth-order valence-electron chi connectivity index (χ4n) is 2.47. The normalized spacial score (nSPS) is 18.5. The molecule has 0 aromatic rings. The second-order valence-electron chi connectivity index (χ2n) is 5.61. The first-order chi connectivity index (χ1) is 8.99. The topological polar surface area (TPSA) is 75.4 Å². The van der Waals surface area contributed by atoms with Gasteiger partial charge < -0.3 is 16.0 Å². The Bertz CT molecular complexity index is 310. The molecule has 0 aliphatic carbocycles. The number of nitrogens with one attached hydrogen (secondary N) is 1. The standard InChI is InChI=1S/C14H27N3O2/c1-4-13(18)16-11-5-7-17(8-6-11)14(19)12(9-15)10(2)3/h10-12H,4-9,15H2,1-3H3,(H,16,18). The van der Waals surface area contributed by atoms with E-state index in [-0.39, 0.29) is 29.7 Å². The molecule has 1 fully saturated rings. The Balaban J connectivity index is 2.45. The molecule has 5 nitrogen and oxygen atoms in total. The van der Waals surface area contributed by atoms with Crippen molar-refractivity contribution >= 4 is 11.8 Å². The molecule has 5 heteroatoms. The first-order valence-corrected chi connectivity index (χ1v) is 7.27. The van der Waals surface area contributed by atoms with Crippen LogP contribution in [0.2, 0.25) is 0 Å². The van der Waals surface area contributed by atoms with E-state index < -0.39 is 0 Å². The lowest BCUT2D eigenvalue weighted by Gasteiger charge is -2.35. The second-order valence-corrected chi connectivity index (χ2v) is 5.61. The maximum absolute atomic E-state index is 12.3. The predicted octanol–water partition coefficient (Wildman–Crippen LogP) is 0.735. The minimum absolute atomic E-state index is 0.0817. The van der Waals surface area contributed by atoms with Crippen molar-refractivity contribution < 1.29 is 9.59 Å². The maximum Gasteiger partial charge on any atom is 0.227 e. The Morgan fingerprint density at radius 1 is 1.32 bits per heavy atom. The summed E-state index contributed by atoms with van der Waals surface area (Å²) in [5.41, 5.74) is 5.69. The van der Waals surface area contributed by atoms with Gasteiger partial charge in [-0.3, -0.25) is 9.59 Å². The van der Waals surface area contributed by atoms with Gasteiger partial charge in [-0.15, -0.1) is 0 Å². The van der Waals surface area contributed by atoms with Gasteiger partial charge in [0.05, 0.1) is 5.92 Å². The number of carbonyl (C=O) groups is 2. The van der Waals surface area contributed by atoms with Crippen LogP contribution in [0.15, 0.2) is 0 Å². The van der Waals surface area contributed by atoms with Crippen LogP contribution in [0, 0.1) is 11.8 Å². The summed E-state index contributed by atoms with van der Waals surface area (Å²) in [4.78, 5) is 25.5. The third kappa shape index (κ3) is 4.49. The third-order valence-electron chi connectivity index (χ3n) is 3.87. The maximum atomic E-state index is 12.3. The van der Waals surface area contributed by atoms with Crippen molar-refractivity contribution in [3.8, 4) is 0 Å².